The number of carbonyl (C=O) groups is 1. The zero-order valence-electron chi connectivity index (χ0n) is 11.2. The van der Waals surface area contributed by atoms with Crippen molar-refractivity contribution in [2.24, 2.45) is 0 Å². The summed E-state index contributed by atoms with van der Waals surface area (Å²) in [6, 6.07) is 13.3. The molecule has 3 rings (SSSR count). The fraction of sp³-hybridized carbons (Fsp3) is 0.0667. The fourth-order valence-electron chi connectivity index (χ4n) is 2.10. The van der Waals surface area contributed by atoms with Crippen molar-refractivity contribution in [2.75, 3.05) is 7.05 Å². The number of para-hydroxylation sites is 1. The lowest BCUT2D eigenvalue weighted by Gasteiger charge is -2.04. The zero-order valence-corrected chi connectivity index (χ0v) is 11.2. The molecule has 0 fully saturated rings. The van der Waals surface area contributed by atoms with Crippen LogP contribution in [0.3, 0.4) is 0 Å². The zero-order chi connectivity index (χ0) is 14.8. The molecule has 0 aliphatic heterocycles. The summed E-state index contributed by atoms with van der Waals surface area (Å²) in [5.74, 6) is 0.152. The lowest BCUT2D eigenvalue weighted by atomic mass is 10.2. The number of nitrogens with zero attached hydrogens (tertiary/aromatic N) is 4. The second-order valence-electron chi connectivity index (χ2n) is 4.37. The van der Waals surface area contributed by atoms with E-state index in [2.05, 4.69) is 15.4 Å². The predicted molar refractivity (Wildman–Crippen MR) is 77.0 cm³/mol. The quantitative estimate of drug-likeness (QED) is 0.772. The number of amides is 1. The second-order valence-corrected chi connectivity index (χ2v) is 4.37. The first kappa shape index (κ1) is 12.8. The number of nitrogens with one attached hydrogen (secondary N) is 1. The van der Waals surface area contributed by atoms with Gasteiger partial charge in [-0.15, -0.1) is 0 Å². The molecule has 1 amide bonds. The molecule has 1 N–H and O–H groups in total. The van der Waals surface area contributed by atoms with E-state index >= 15 is 0 Å². The Balaban J connectivity index is 2.17. The van der Waals surface area contributed by atoms with Crippen LogP contribution in [-0.2, 0) is 0 Å². The third kappa shape index (κ3) is 2.11. The SMILES string of the molecule is CNC(=O)c1cnn(-c2ccc3ccccc3n2)c1C#N. The highest BCUT2D eigenvalue weighted by Gasteiger charge is 2.17. The molecule has 6 heteroatoms. The average Bonchev–Trinajstić information content (AvgIpc) is 2.97. The number of hydrogen-bond donors (Lipinski definition) is 1. The van der Waals surface area contributed by atoms with Gasteiger partial charge in [-0.05, 0) is 18.2 Å². The maximum Gasteiger partial charge on any atom is 0.255 e. The minimum atomic E-state index is -0.349. The maximum atomic E-state index is 11.7. The normalized spacial score (nSPS) is 10.3. The summed E-state index contributed by atoms with van der Waals surface area (Å²) >= 11 is 0. The minimum absolute atomic E-state index is 0.164. The summed E-state index contributed by atoms with van der Waals surface area (Å²) in [6.45, 7) is 0. The third-order valence-corrected chi connectivity index (χ3v) is 3.15. The molecule has 0 radical (unpaired) electrons. The van der Waals surface area contributed by atoms with Crippen LogP contribution in [0.1, 0.15) is 16.1 Å². The van der Waals surface area contributed by atoms with E-state index in [4.69, 9.17) is 0 Å². The van der Waals surface area contributed by atoms with E-state index < -0.39 is 0 Å². The molecular weight excluding hydrogens is 266 g/mol. The summed E-state index contributed by atoms with van der Waals surface area (Å²) < 4.78 is 1.37. The van der Waals surface area contributed by atoms with E-state index in [1.54, 1.807) is 6.07 Å². The van der Waals surface area contributed by atoms with Gasteiger partial charge in [0.25, 0.3) is 5.91 Å². The van der Waals surface area contributed by atoms with Gasteiger partial charge in [0.1, 0.15) is 6.07 Å². The smallest absolute Gasteiger partial charge is 0.255 e. The summed E-state index contributed by atoms with van der Waals surface area (Å²) in [6.07, 6.45) is 1.37. The highest BCUT2D eigenvalue weighted by atomic mass is 16.1. The summed E-state index contributed by atoms with van der Waals surface area (Å²) in [5.41, 5.74) is 1.20. The first-order valence-corrected chi connectivity index (χ1v) is 6.31. The Hall–Kier alpha value is -3.20. The molecule has 3 aromatic rings. The van der Waals surface area contributed by atoms with Crippen LogP contribution < -0.4 is 5.32 Å². The van der Waals surface area contributed by atoms with Gasteiger partial charge in [0, 0.05) is 12.4 Å². The molecule has 6 nitrogen and oxygen atoms in total. The number of hydrogen-bond acceptors (Lipinski definition) is 4. The van der Waals surface area contributed by atoms with E-state index in [1.807, 2.05) is 36.4 Å². The van der Waals surface area contributed by atoms with Gasteiger partial charge in [-0.2, -0.15) is 10.4 Å². The van der Waals surface area contributed by atoms with Crippen LogP contribution in [0.15, 0.2) is 42.6 Å². The van der Waals surface area contributed by atoms with Crippen LogP contribution in [-0.4, -0.2) is 27.7 Å². The molecule has 0 saturated carbocycles. The number of aromatic nitrogens is 3. The Labute approximate surface area is 120 Å². The molecule has 0 saturated heterocycles. The van der Waals surface area contributed by atoms with Crippen molar-refractivity contribution in [3.05, 3.63) is 53.9 Å². The van der Waals surface area contributed by atoms with Gasteiger partial charge in [-0.3, -0.25) is 4.79 Å². The monoisotopic (exact) mass is 277 g/mol. The lowest BCUT2D eigenvalue weighted by Crippen LogP contribution is -2.18. The number of nitriles is 1. The van der Waals surface area contributed by atoms with E-state index in [1.165, 1.54) is 17.9 Å². The van der Waals surface area contributed by atoms with Crippen LogP contribution in [0.2, 0.25) is 0 Å². The Morgan fingerprint density at radius 1 is 1.29 bits per heavy atom. The summed E-state index contributed by atoms with van der Waals surface area (Å²) in [4.78, 5) is 16.2. The van der Waals surface area contributed by atoms with E-state index in [9.17, 15) is 10.1 Å². The third-order valence-electron chi connectivity index (χ3n) is 3.15. The molecule has 1 aromatic carbocycles. The second kappa shape index (κ2) is 5.06. The predicted octanol–water partition coefficient (Wildman–Crippen LogP) is 1.65. The molecule has 21 heavy (non-hydrogen) atoms. The highest BCUT2D eigenvalue weighted by molar-refractivity contribution is 5.95. The van der Waals surface area contributed by atoms with Crippen LogP contribution >= 0.6 is 0 Å². The topological polar surface area (TPSA) is 83.6 Å². The van der Waals surface area contributed by atoms with E-state index in [0.717, 1.165) is 10.9 Å². The standard InChI is InChI=1S/C15H11N5O/c1-17-15(21)11-9-18-20(13(11)8-16)14-7-6-10-4-2-3-5-12(10)19-14/h2-7,9H,1H3,(H,17,21). The molecule has 2 aromatic heterocycles. The molecule has 0 aliphatic carbocycles. The maximum absolute atomic E-state index is 11.7. The van der Waals surface area contributed by atoms with Crippen molar-refractivity contribution in [2.45, 2.75) is 0 Å². The lowest BCUT2D eigenvalue weighted by molar-refractivity contribution is 0.0963. The van der Waals surface area contributed by atoms with Gasteiger partial charge in [-0.25, -0.2) is 9.67 Å². The van der Waals surface area contributed by atoms with Gasteiger partial charge < -0.3 is 5.32 Å². The van der Waals surface area contributed by atoms with Crippen LogP contribution in [0.5, 0.6) is 0 Å². The molecule has 0 spiro atoms. The Bertz CT molecular complexity index is 875. The first-order valence-electron chi connectivity index (χ1n) is 6.31. The molecule has 0 unspecified atom stereocenters. The van der Waals surface area contributed by atoms with E-state index in [-0.39, 0.29) is 17.2 Å². The van der Waals surface area contributed by atoms with Gasteiger partial charge in [0.05, 0.1) is 17.3 Å². The molecular formula is C15H11N5O. The molecule has 0 bridgehead atoms. The minimum Gasteiger partial charge on any atom is -0.355 e. The summed E-state index contributed by atoms with van der Waals surface area (Å²) in [5, 5.41) is 16.9. The number of fused-ring (bicyclic) bond motifs is 1. The Morgan fingerprint density at radius 2 is 2.10 bits per heavy atom. The van der Waals surface area contributed by atoms with Crippen molar-refractivity contribution < 1.29 is 4.79 Å². The van der Waals surface area contributed by atoms with Crippen LogP contribution in [0.25, 0.3) is 16.7 Å². The van der Waals surface area contributed by atoms with Crippen LogP contribution in [0, 0.1) is 11.3 Å². The molecule has 2 heterocycles. The van der Waals surface area contributed by atoms with Gasteiger partial charge >= 0.3 is 0 Å². The van der Waals surface area contributed by atoms with E-state index in [0.29, 0.717) is 5.82 Å². The number of benzene rings is 1. The van der Waals surface area contributed by atoms with Crippen LogP contribution in [0.4, 0.5) is 0 Å². The van der Waals surface area contributed by atoms with Crippen molar-refractivity contribution in [1.82, 2.24) is 20.1 Å². The largest absolute Gasteiger partial charge is 0.355 e. The average molecular weight is 277 g/mol. The van der Waals surface area contributed by atoms with Crippen molar-refractivity contribution in [1.29, 1.82) is 5.26 Å². The molecule has 0 aliphatic rings. The number of rotatable bonds is 2. The Morgan fingerprint density at radius 3 is 2.86 bits per heavy atom. The van der Waals surface area contributed by atoms with Crippen molar-refractivity contribution in [3.8, 4) is 11.9 Å². The highest BCUT2D eigenvalue weighted by Crippen LogP contribution is 2.17. The van der Waals surface area contributed by atoms with Crippen molar-refractivity contribution in [3.63, 3.8) is 0 Å². The van der Waals surface area contributed by atoms with Gasteiger partial charge in [0.15, 0.2) is 11.5 Å². The molecule has 0 atom stereocenters. The number of carbonyl (C=O) groups excluding carboxylic acids is 1. The van der Waals surface area contributed by atoms with Gasteiger partial charge in [-0.1, -0.05) is 18.2 Å². The fourth-order valence-corrected chi connectivity index (χ4v) is 2.10. The summed E-state index contributed by atoms with van der Waals surface area (Å²) in [7, 11) is 1.51. The first-order chi connectivity index (χ1) is 10.2. The van der Waals surface area contributed by atoms with Crippen molar-refractivity contribution >= 4 is 16.8 Å². The van der Waals surface area contributed by atoms with Gasteiger partial charge in [0.2, 0.25) is 0 Å². The molecule has 102 valence electrons. The number of pyridine rings is 1. The Kier molecular flexibility index (Phi) is 3.09.